The molecule has 0 radical (unpaired) electrons. The fraction of sp³-hybridized carbons (Fsp3) is 0.391. The van der Waals surface area contributed by atoms with Gasteiger partial charge in [0.1, 0.15) is 0 Å². The molecule has 1 fully saturated rings. The molecule has 8 nitrogen and oxygen atoms in total. The van der Waals surface area contributed by atoms with Crippen molar-refractivity contribution in [2.24, 2.45) is 0 Å². The molecule has 0 aliphatic carbocycles. The first-order valence-electron chi connectivity index (χ1n) is 10.5. The smallest absolute Gasteiger partial charge is 0.241 e. The zero-order chi connectivity index (χ0) is 23.2. The number of benzene rings is 2. The molecule has 0 saturated carbocycles. The quantitative estimate of drug-likeness (QED) is 0.560. The highest BCUT2D eigenvalue weighted by Crippen LogP contribution is 2.34. The van der Waals surface area contributed by atoms with Crippen molar-refractivity contribution in [2.45, 2.75) is 43.0 Å². The minimum absolute atomic E-state index is 0.0106. The van der Waals surface area contributed by atoms with E-state index in [0.717, 1.165) is 18.4 Å². The van der Waals surface area contributed by atoms with Crippen molar-refractivity contribution in [3.8, 4) is 0 Å². The Bertz CT molecular complexity index is 1030. The molecule has 32 heavy (non-hydrogen) atoms. The number of nitrogens with one attached hydrogen (secondary N) is 3. The highest BCUT2D eigenvalue weighted by Gasteiger charge is 2.35. The van der Waals surface area contributed by atoms with Crippen molar-refractivity contribution in [2.75, 3.05) is 25.1 Å². The van der Waals surface area contributed by atoms with Gasteiger partial charge in [0.15, 0.2) is 0 Å². The monoisotopic (exact) mass is 459 g/mol. The summed E-state index contributed by atoms with van der Waals surface area (Å²) in [5.74, 6) is -0.646. The molecule has 3 rings (SSSR count). The Kier molecular flexibility index (Phi) is 7.65. The summed E-state index contributed by atoms with van der Waals surface area (Å²) in [5, 5.41) is 5.51. The maximum atomic E-state index is 12.7. The van der Waals surface area contributed by atoms with E-state index in [1.807, 2.05) is 30.3 Å². The minimum Gasteiger partial charge on any atom is -0.381 e. The van der Waals surface area contributed by atoms with Gasteiger partial charge in [-0.2, -0.15) is 4.72 Å². The Morgan fingerprint density at radius 3 is 2.25 bits per heavy atom. The van der Waals surface area contributed by atoms with Crippen LogP contribution < -0.4 is 15.4 Å². The van der Waals surface area contributed by atoms with E-state index in [0.29, 0.717) is 25.4 Å². The summed E-state index contributed by atoms with van der Waals surface area (Å²) in [4.78, 5) is 23.8. The number of carbonyl (C=O) groups is 2. The van der Waals surface area contributed by atoms with Crippen LogP contribution in [0.3, 0.4) is 0 Å². The number of rotatable bonds is 8. The van der Waals surface area contributed by atoms with Crippen LogP contribution in [-0.4, -0.2) is 46.0 Å². The average molecular weight is 460 g/mol. The standard InChI is InChI=1S/C23H29N3O5S/c1-17(26-32(29,30)21-10-8-20(9-11-21)25-18(2)27)22(28)24-16-23(12-14-31-15-13-23)19-6-4-3-5-7-19/h3-11,17,26H,12-16H2,1-2H3,(H,24,28)(H,25,27)/t17-/m0/s1. The number of ether oxygens (including phenoxy) is 1. The summed E-state index contributed by atoms with van der Waals surface area (Å²) in [6.07, 6.45) is 1.55. The molecular weight excluding hydrogens is 430 g/mol. The van der Waals surface area contributed by atoms with Crippen LogP contribution in [-0.2, 0) is 29.8 Å². The molecule has 3 N–H and O–H groups in total. The molecule has 1 saturated heterocycles. The molecule has 9 heteroatoms. The van der Waals surface area contributed by atoms with Crippen molar-refractivity contribution < 1.29 is 22.7 Å². The lowest BCUT2D eigenvalue weighted by Gasteiger charge is -2.38. The second-order valence-corrected chi connectivity index (χ2v) is 9.74. The normalized spacial score (nSPS) is 16.7. The Labute approximate surface area is 188 Å². The van der Waals surface area contributed by atoms with E-state index < -0.39 is 22.0 Å². The maximum Gasteiger partial charge on any atom is 0.241 e. The Morgan fingerprint density at radius 2 is 1.66 bits per heavy atom. The van der Waals surface area contributed by atoms with Gasteiger partial charge in [0.2, 0.25) is 21.8 Å². The third kappa shape index (κ3) is 5.93. The second kappa shape index (κ2) is 10.2. The first-order chi connectivity index (χ1) is 15.2. The van der Waals surface area contributed by atoms with Crippen LogP contribution in [0.4, 0.5) is 5.69 Å². The van der Waals surface area contributed by atoms with Crippen molar-refractivity contribution in [3.63, 3.8) is 0 Å². The van der Waals surface area contributed by atoms with E-state index in [2.05, 4.69) is 15.4 Å². The van der Waals surface area contributed by atoms with Gasteiger partial charge in [-0.15, -0.1) is 0 Å². The first kappa shape index (κ1) is 23.9. The lowest BCUT2D eigenvalue weighted by molar-refractivity contribution is -0.122. The van der Waals surface area contributed by atoms with Gasteiger partial charge in [0, 0.05) is 37.8 Å². The van der Waals surface area contributed by atoms with Crippen LogP contribution >= 0.6 is 0 Å². The predicted molar refractivity (Wildman–Crippen MR) is 122 cm³/mol. The third-order valence-electron chi connectivity index (χ3n) is 5.65. The molecule has 1 heterocycles. The van der Waals surface area contributed by atoms with Crippen LogP contribution in [0.15, 0.2) is 59.5 Å². The summed E-state index contributed by atoms with van der Waals surface area (Å²) in [6.45, 7) is 4.51. The molecule has 0 spiro atoms. The number of carbonyl (C=O) groups excluding carboxylic acids is 2. The minimum atomic E-state index is -3.90. The van der Waals surface area contributed by atoms with E-state index in [1.54, 1.807) is 0 Å². The topological polar surface area (TPSA) is 114 Å². The van der Waals surface area contributed by atoms with Crippen molar-refractivity contribution in [1.82, 2.24) is 10.0 Å². The number of anilines is 1. The fourth-order valence-corrected chi connectivity index (χ4v) is 5.01. The SMILES string of the molecule is CC(=O)Nc1ccc(S(=O)(=O)N[C@@H](C)C(=O)NCC2(c3ccccc3)CCOCC2)cc1. The zero-order valence-electron chi connectivity index (χ0n) is 18.3. The first-order valence-corrected chi connectivity index (χ1v) is 12.0. The summed E-state index contributed by atoms with van der Waals surface area (Å²) in [5.41, 5.74) is 1.38. The molecule has 2 aromatic carbocycles. The van der Waals surface area contributed by atoms with E-state index in [9.17, 15) is 18.0 Å². The molecule has 1 atom stereocenters. The summed E-state index contributed by atoms with van der Waals surface area (Å²) < 4.78 is 33.3. The van der Waals surface area contributed by atoms with E-state index >= 15 is 0 Å². The lowest BCUT2D eigenvalue weighted by atomic mass is 9.74. The lowest BCUT2D eigenvalue weighted by Crippen LogP contribution is -2.50. The second-order valence-electron chi connectivity index (χ2n) is 8.03. The number of sulfonamides is 1. The summed E-state index contributed by atoms with van der Waals surface area (Å²) in [6, 6.07) is 14.8. The van der Waals surface area contributed by atoms with Crippen LogP contribution in [0.5, 0.6) is 0 Å². The van der Waals surface area contributed by atoms with Gasteiger partial charge in [0.25, 0.3) is 0 Å². The molecule has 0 unspecified atom stereocenters. The highest BCUT2D eigenvalue weighted by molar-refractivity contribution is 7.89. The van der Waals surface area contributed by atoms with Crippen LogP contribution in [0.2, 0.25) is 0 Å². The van der Waals surface area contributed by atoms with Gasteiger partial charge in [-0.3, -0.25) is 9.59 Å². The largest absolute Gasteiger partial charge is 0.381 e. The van der Waals surface area contributed by atoms with Crippen LogP contribution in [0, 0.1) is 0 Å². The Morgan fingerprint density at radius 1 is 1.03 bits per heavy atom. The Hall–Kier alpha value is -2.75. The van der Waals surface area contributed by atoms with Crippen molar-refractivity contribution >= 4 is 27.5 Å². The molecule has 172 valence electrons. The van der Waals surface area contributed by atoms with Gasteiger partial charge in [-0.1, -0.05) is 30.3 Å². The van der Waals surface area contributed by atoms with Crippen LogP contribution in [0.1, 0.15) is 32.3 Å². The van der Waals surface area contributed by atoms with Gasteiger partial charge in [-0.25, -0.2) is 8.42 Å². The molecule has 2 amide bonds. The molecule has 1 aliphatic heterocycles. The molecular formula is C23H29N3O5S. The predicted octanol–water partition coefficient (Wildman–Crippen LogP) is 2.18. The molecule has 0 aromatic heterocycles. The van der Waals surface area contributed by atoms with Gasteiger partial charge >= 0.3 is 0 Å². The zero-order valence-corrected chi connectivity index (χ0v) is 19.1. The average Bonchev–Trinajstić information content (AvgIpc) is 2.78. The van der Waals surface area contributed by atoms with Gasteiger partial charge in [-0.05, 0) is 49.6 Å². The van der Waals surface area contributed by atoms with Gasteiger partial charge in [0.05, 0.1) is 10.9 Å². The van der Waals surface area contributed by atoms with Crippen molar-refractivity contribution in [3.05, 3.63) is 60.2 Å². The molecule has 2 aromatic rings. The van der Waals surface area contributed by atoms with Crippen molar-refractivity contribution in [1.29, 1.82) is 0 Å². The Balaban J connectivity index is 1.64. The van der Waals surface area contributed by atoms with Crippen LogP contribution in [0.25, 0.3) is 0 Å². The molecule has 1 aliphatic rings. The maximum absolute atomic E-state index is 12.7. The fourth-order valence-electron chi connectivity index (χ4n) is 3.81. The van der Waals surface area contributed by atoms with Gasteiger partial charge < -0.3 is 15.4 Å². The summed E-state index contributed by atoms with van der Waals surface area (Å²) in [7, 11) is -3.90. The highest BCUT2D eigenvalue weighted by atomic mass is 32.2. The number of amides is 2. The third-order valence-corrected chi connectivity index (χ3v) is 7.20. The number of hydrogen-bond acceptors (Lipinski definition) is 5. The van der Waals surface area contributed by atoms with E-state index in [-0.39, 0.29) is 16.2 Å². The van der Waals surface area contributed by atoms with E-state index in [4.69, 9.17) is 4.74 Å². The number of hydrogen-bond donors (Lipinski definition) is 3. The molecule has 0 bridgehead atoms. The summed E-state index contributed by atoms with van der Waals surface area (Å²) >= 11 is 0. The van der Waals surface area contributed by atoms with E-state index in [1.165, 1.54) is 38.1 Å².